The molecular formula is C24H39NO3. The Morgan fingerprint density at radius 3 is 2.54 bits per heavy atom. The molecule has 4 aliphatic rings. The van der Waals surface area contributed by atoms with Gasteiger partial charge in [0.25, 0.3) is 0 Å². The van der Waals surface area contributed by atoms with E-state index in [4.69, 9.17) is 4.74 Å². The van der Waals surface area contributed by atoms with Crippen molar-refractivity contribution in [1.29, 1.82) is 0 Å². The maximum atomic E-state index is 12.3. The van der Waals surface area contributed by atoms with E-state index in [2.05, 4.69) is 32.6 Å². The molecule has 0 unspecified atom stereocenters. The summed E-state index contributed by atoms with van der Waals surface area (Å²) in [6.07, 6.45) is 7.97. The molecule has 1 aliphatic heterocycles. The summed E-state index contributed by atoms with van der Waals surface area (Å²) in [6.45, 7) is 11.0. The molecule has 28 heavy (non-hydrogen) atoms. The molecule has 1 amide bonds. The van der Waals surface area contributed by atoms with Crippen LogP contribution < -0.4 is 0 Å². The van der Waals surface area contributed by atoms with Gasteiger partial charge in [-0.2, -0.15) is 0 Å². The van der Waals surface area contributed by atoms with E-state index in [1.165, 1.54) is 32.6 Å². The van der Waals surface area contributed by atoms with Crippen LogP contribution in [0, 0.1) is 40.4 Å². The van der Waals surface area contributed by atoms with Gasteiger partial charge in [-0.1, -0.05) is 20.8 Å². The lowest BCUT2D eigenvalue weighted by molar-refractivity contribution is -0.164. The van der Waals surface area contributed by atoms with Gasteiger partial charge in [0.1, 0.15) is 6.10 Å². The molecule has 4 fully saturated rings. The maximum Gasteiger partial charge on any atom is 0.302 e. The monoisotopic (exact) mass is 389 g/mol. The van der Waals surface area contributed by atoms with E-state index in [1.54, 1.807) is 0 Å². The standard InChI is InChI=1S/C24H39NO3/c1-14-13-19-17-7-8-20-23(4,12-10-21(27)25(20)6)18(17)9-11-24(19,5)22(14)15(2)28-16(3)26/h14-15,17-20,22H,7-13H2,1-6H3/t14-,15+,17+,18-,19-,20+,22+,23+,24-/m0/s1. The van der Waals surface area contributed by atoms with E-state index in [-0.39, 0.29) is 22.9 Å². The summed E-state index contributed by atoms with van der Waals surface area (Å²) in [7, 11) is 2.03. The first kappa shape index (κ1) is 20.2. The number of esters is 1. The number of hydrogen-bond acceptors (Lipinski definition) is 3. The summed E-state index contributed by atoms with van der Waals surface area (Å²) >= 11 is 0. The molecule has 0 aromatic carbocycles. The Hall–Kier alpha value is -1.06. The van der Waals surface area contributed by atoms with E-state index in [0.717, 1.165) is 37.0 Å². The number of hydrogen-bond donors (Lipinski definition) is 0. The zero-order valence-electron chi connectivity index (χ0n) is 18.7. The Morgan fingerprint density at radius 1 is 1.14 bits per heavy atom. The third kappa shape index (κ3) is 2.76. The van der Waals surface area contributed by atoms with Crippen LogP contribution in [0.1, 0.15) is 79.6 Å². The predicted molar refractivity (Wildman–Crippen MR) is 109 cm³/mol. The molecule has 0 aromatic heterocycles. The van der Waals surface area contributed by atoms with Crippen LogP contribution in [-0.2, 0) is 14.3 Å². The van der Waals surface area contributed by atoms with Crippen LogP contribution >= 0.6 is 0 Å². The summed E-state index contributed by atoms with van der Waals surface area (Å²) in [5.74, 6) is 3.47. The molecule has 9 atom stereocenters. The molecule has 4 nitrogen and oxygen atoms in total. The van der Waals surface area contributed by atoms with Crippen molar-refractivity contribution in [2.75, 3.05) is 7.05 Å². The topological polar surface area (TPSA) is 46.6 Å². The summed E-state index contributed by atoms with van der Waals surface area (Å²) in [5, 5.41) is 0. The number of carbonyl (C=O) groups excluding carboxylic acids is 2. The average Bonchev–Trinajstić information content (AvgIpc) is 2.88. The van der Waals surface area contributed by atoms with Crippen LogP contribution in [0.5, 0.6) is 0 Å². The highest BCUT2D eigenvalue weighted by Crippen LogP contribution is 2.67. The lowest BCUT2D eigenvalue weighted by atomic mass is 9.46. The fraction of sp³-hybridized carbons (Fsp3) is 0.917. The first-order valence-electron chi connectivity index (χ1n) is 11.5. The number of ether oxygens (including phenoxy) is 1. The summed E-state index contributed by atoms with van der Waals surface area (Å²) < 4.78 is 5.70. The van der Waals surface area contributed by atoms with Crippen LogP contribution in [-0.4, -0.2) is 36.0 Å². The van der Waals surface area contributed by atoms with E-state index >= 15 is 0 Å². The summed E-state index contributed by atoms with van der Waals surface area (Å²) in [4.78, 5) is 26.0. The first-order valence-corrected chi connectivity index (χ1v) is 11.5. The minimum Gasteiger partial charge on any atom is -0.463 e. The molecule has 0 N–H and O–H groups in total. The molecule has 158 valence electrons. The fourth-order valence-corrected chi connectivity index (χ4v) is 8.89. The second-order valence-electron chi connectivity index (χ2n) is 11.1. The van der Waals surface area contributed by atoms with Crippen molar-refractivity contribution in [1.82, 2.24) is 4.90 Å². The molecule has 4 rings (SSSR count). The number of amides is 1. The Kier molecular flexibility index (Phi) is 4.87. The maximum absolute atomic E-state index is 12.3. The minimum absolute atomic E-state index is 0.00408. The van der Waals surface area contributed by atoms with Gasteiger partial charge in [0.15, 0.2) is 0 Å². The molecule has 4 heteroatoms. The third-order valence-corrected chi connectivity index (χ3v) is 9.85. The van der Waals surface area contributed by atoms with E-state index in [1.807, 2.05) is 7.05 Å². The molecule has 0 aromatic rings. The van der Waals surface area contributed by atoms with Crippen LogP contribution in [0.2, 0.25) is 0 Å². The van der Waals surface area contributed by atoms with Gasteiger partial charge in [-0.15, -0.1) is 0 Å². The minimum atomic E-state index is -0.150. The third-order valence-electron chi connectivity index (χ3n) is 9.85. The van der Waals surface area contributed by atoms with Crippen molar-refractivity contribution in [2.45, 2.75) is 91.7 Å². The Bertz CT molecular complexity index is 662. The van der Waals surface area contributed by atoms with Gasteiger partial charge in [0.2, 0.25) is 5.91 Å². The highest BCUT2D eigenvalue weighted by atomic mass is 16.5. The highest BCUT2D eigenvalue weighted by Gasteiger charge is 2.63. The normalized spacial score (nSPS) is 49.1. The van der Waals surface area contributed by atoms with Gasteiger partial charge in [-0.05, 0) is 80.0 Å². The summed E-state index contributed by atoms with van der Waals surface area (Å²) in [6, 6.07) is 0.425. The number of piperidine rings is 1. The van der Waals surface area contributed by atoms with Gasteiger partial charge < -0.3 is 9.64 Å². The quantitative estimate of drug-likeness (QED) is 0.645. The molecule has 0 spiro atoms. The Morgan fingerprint density at radius 2 is 1.86 bits per heavy atom. The van der Waals surface area contributed by atoms with E-state index in [0.29, 0.717) is 23.8 Å². The van der Waals surface area contributed by atoms with Gasteiger partial charge in [0.05, 0.1) is 0 Å². The molecule has 0 radical (unpaired) electrons. The second kappa shape index (κ2) is 6.74. The van der Waals surface area contributed by atoms with E-state index in [9.17, 15) is 9.59 Å². The Balaban J connectivity index is 1.61. The van der Waals surface area contributed by atoms with Crippen molar-refractivity contribution < 1.29 is 14.3 Å². The number of fused-ring (bicyclic) bond motifs is 5. The number of nitrogens with zero attached hydrogens (tertiary/aromatic N) is 1. The van der Waals surface area contributed by atoms with Crippen molar-refractivity contribution in [3.63, 3.8) is 0 Å². The van der Waals surface area contributed by atoms with Crippen LogP contribution in [0.4, 0.5) is 0 Å². The SMILES string of the molecule is CC(=O)O[C@H](C)[C@H]1[C@@H](C)C[C@H]2[C@@H]3CC[C@H]4N(C)C(=O)CC[C@]4(C)[C@H]3CC[C@]12C. The lowest BCUT2D eigenvalue weighted by Gasteiger charge is -2.62. The molecule has 0 bridgehead atoms. The van der Waals surface area contributed by atoms with Crippen molar-refractivity contribution in [3.05, 3.63) is 0 Å². The van der Waals surface area contributed by atoms with E-state index < -0.39 is 0 Å². The Labute approximate surface area is 170 Å². The molecule has 3 saturated carbocycles. The molecule has 3 aliphatic carbocycles. The zero-order valence-corrected chi connectivity index (χ0v) is 18.7. The summed E-state index contributed by atoms with van der Waals surface area (Å²) in [5.41, 5.74) is 0.546. The van der Waals surface area contributed by atoms with Crippen molar-refractivity contribution in [3.8, 4) is 0 Å². The highest BCUT2D eigenvalue weighted by molar-refractivity contribution is 5.77. The van der Waals surface area contributed by atoms with Gasteiger partial charge in [-0.25, -0.2) is 0 Å². The molecular weight excluding hydrogens is 350 g/mol. The van der Waals surface area contributed by atoms with Gasteiger partial charge in [-0.3, -0.25) is 9.59 Å². The first-order chi connectivity index (χ1) is 13.1. The second-order valence-corrected chi connectivity index (χ2v) is 11.1. The van der Waals surface area contributed by atoms with Crippen LogP contribution in [0.3, 0.4) is 0 Å². The lowest BCUT2D eigenvalue weighted by Crippen LogP contribution is -2.61. The largest absolute Gasteiger partial charge is 0.463 e. The average molecular weight is 390 g/mol. The number of carbonyl (C=O) groups is 2. The predicted octanol–water partition coefficient (Wildman–Crippen LogP) is 4.66. The van der Waals surface area contributed by atoms with Crippen molar-refractivity contribution in [2.24, 2.45) is 40.4 Å². The van der Waals surface area contributed by atoms with Crippen LogP contribution in [0.25, 0.3) is 0 Å². The smallest absolute Gasteiger partial charge is 0.302 e. The van der Waals surface area contributed by atoms with Crippen molar-refractivity contribution >= 4 is 11.9 Å². The number of rotatable bonds is 2. The molecule has 1 saturated heterocycles. The molecule has 1 heterocycles. The fourth-order valence-electron chi connectivity index (χ4n) is 8.89. The number of likely N-dealkylation sites (tertiary alicyclic amines) is 1. The van der Waals surface area contributed by atoms with Gasteiger partial charge in [0, 0.05) is 32.4 Å². The zero-order chi connectivity index (χ0) is 20.4. The van der Waals surface area contributed by atoms with Crippen LogP contribution in [0.15, 0.2) is 0 Å². The van der Waals surface area contributed by atoms with Gasteiger partial charge >= 0.3 is 5.97 Å².